The van der Waals surface area contributed by atoms with Gasteiger partial charge in [-0.1, -0.05) is 5.20 Å². The molecule has 0 nitrogen and oxygen atoms in total. The Morgan fingerprint density at radius 2 is 1.83 bits per heavy atom. The molecule has 6 heavy (non-hydrogen) atoms. The lowest BCUT2D eigenvalue weighted by atomic mass is 10.8. The first-order chi connectivity index (χ1) is 2.64. The van der Waals surface area contributed by atoms with Crippen molar-refractivity contribution >= 4 is 29.6 Å². The van der Waals surface area contributed by atoms with Gasteiger partial charge in [-0.2, -0.15) is 0 Å². The lowest BCUT2D eigenvalue weighted by Gasteiger charge is -1.87. The second kappa shape index (κ2) is 2.67. The average molecular weight is 140 g/mol. The van der Waals surface area contributed by atoms with E-state index in [1.165, 1.54) is 0 Å². The molecule has 0 aliphatic carbocycles. The molecule has 0 heterocycles. The molecule has 3 heteroatoms. The molecule has 0 fully saturated rings. The fraction of sp³-hybridized carbons (Fsp3) is 0.333. The summed E-state index contributed by atoms with van der Waals surface area (Å²) < 4.78 is 0. The van der Waals surface area contributed by atoms with Gasteiger partial charge in [0.15, 0.2) is 0 Å². The van der Waals surface area contributed by atoms with Crippen molar-refractivity contribution in [2.24, 2.45) is 0 Å². The molecule has 35 valence electrons. The van der Waals surface area contributed by atoms with E-state index >= 15 is 0 Å². The molecule has 0 aromatic carbocycles. The predicted molar refractivity (Wildman–Crippen MR) is 32.3 cm³/mol. The molecule has 0 unspecified atom stereocenters. The monoisotopic (exact) mass is 139 g/mol. The highest BCUT2D eigenvalue weighted by molar-refractivity contribution is 7.36. The zero-order chi connectivity index (χ0) is 5.15. The van der Waals surface area contributed by atoms with Crippen molar-refractivity contribution in [1.29, 1.82) is 0 Å². The van der Waals surface area contributed by atoms with Crippen molar-refractivity contribution in [3.63, 3.8) is 0 Å². The van der Waals surface area contributed by atoms with Gasteiger partial charge >= 0.3 is 7.42 Å². The summed E-state index contributed by atoms with van der Waals surface area (Å²) in [4.78, 5) is 0. The molecule has 1 radical (unpaired) electrons. The van der Waals surface area contributed by atoms with Crippen molar-refractivity contribution in [3.05, 3.63) is 11.8 Å². The van der Waals surface area contributed by atoms with Crippen LogP contribution in [0.3, 0.4) is 0 Å². The molecule has 0 aromatic rings. The minimum Gasteiger partial charge on any atom is -0.141 e. The Balaban J connectivity index is 3.26. The molecule has 0 aliphatic heterocycles. The average Bonchev–Trinajstić information content (AvgIpc) is 1.36. The van der Waals surface area contributed by atoms with Gasteiger partial charge in [0.2, 0.25) is 0 Å². The maximum Gasteiger partial charge on any atom is 0.302 e. The van der Waals surface area contributed by atoms with E-state index in [-0.39, 0.29) is 0 Å². The molecule has 0 rings (SSSR count). The largest absolute Gasteiger partial charge is 0.302 e. The normalized spacial score (nSPS) is 9.33. The van der Waals surface area contributed by atoms with E-state index in [1.807, 2.05) is 6.92 Å². The third-order valence-corrected chi connectivity index (χ3v) is 2.90. The van der Waals surface area contributed by atoms with Gasteiger partial charge in [0.1, 0.15) is 0 Å². The number of halogens is 2. The van der Waals surface area contributed by atoms with E-state index in [0.29, 0.717) is 0 Å². The van der Waals surface area contributed by atoms with Gasteiger partial charge in [0.25, 0.3) is 0 Å². The lowest BCUT2D eigenvalue weighted by Crippen LogP contribution is -1.90. The summed E-state index contributed by atoms with van der Waals surface area (Å²) in [5.41, 5.74) is 0. The molecule has 0 N–H and O–H groups in total. The summed E-state index contributed by atoms with van der Waals surface area (Å²) in [6.45, 7) is 5.36. The Morgan fingerprint density at radius 3 is 1.83 bits per heavy atom. The Kier molecular flexibility index (Phi) is 2.91. The van der Waals surface area contributed by atoms with Crippen LogP contribution < -0.4 is 0 Å². The number of rotatable bonds is 1. The van der Waals surface area contributed by atoms with E-state index in [2.05, 4.69) is 6.58 Å². The second-order valence-electron chi connectivity index (χ2n) is 1.04. The zero-order valence-corrected chi connectivity index (χ0v) is 5.97. The molecule has 0 saturated carbocycles. The highest BCUT2D eigenvalue weighted by atomic mass is 35.7. The Morgan fingerprint density at radius 1 is 1.67 bits per heavy atom. The van der Waals surface area contributed by atoms with E-state index in [9.17, 15) is 0 Å². The van der Waals surface area contributed by atoms with Crippen LogP contribution in [0.2, 0.25) is 0 Å². The van der Waals surface area contributed by atoms with E-state index in [4.69, 9.17) is 22.2 Å². The summed E-state index contributed by atoms with van der Waals surface area (Å²) >= 11 is 10.8. The molecule has 0 saturated heterocycles. The third-order valence-electron chi connectivity index (χ3n) is 0.323. The van der Waals surface area contributed by atoms with Crippen molar-refractivity contribution in [3.8, 4) is 0 Å². The smallest absolute Gasteiger partial charge is 0.141 e. The van der Waals surface area contributed by atoms with Crippen molar-refractivity contribution in [2.45, 2.75) is 6.92 Å². The lowest BCUT2D eigenvalue weighted by molar-refractivity contribution is 1.70. The first-order valence-corrected chi connectivity index (χ1v) is 5.01. The predicted octanol–water partition coefficient (Wildman–Crippen LogP) is 2.07. The van der Waals surface area contributed by atoms with Crippen LogP contribution in [0, 0.1) is 0 Å². The quantitative estimate of drug-likeness (QED) is 0.386. The van der Waals surface area contributed by atoms with Crippen LogP contribution in [-0.4, -0.2) is 7.42 Å². The summed E-state index contributed by atoms with van der Waals surface area (Å²) in [6.07, 6.45) is 0. The first kappa shape index (κ1) is 6.54. The summed E-state index contributed by atoms with van der Waals surface area (Å²) in [7, 11) is -1.20. The molecule has 0 atom stereocenters. The number of hydrogen-bond acceptors (Lipinski definition) is 0. The molecule has 0 bridgehead atoms. The second-order valence-corrected chi connectivity index (χ2v) is 5.26. The topological polar surface area (TPSA) is 0 Å². The van der Waals surface area contributed by atoms with Crippen molar-refractivity contribution in [2.75, 3.05) is 0 Å². The zero-order valence-electron chi connectivity index (χ0n) is 3.46. The number of allylic oxidation sites excluding steroid dienone is 1. The van der Waals surface area contributed by atoms with Gasteiger partial charge in [0, 0.05) is 0 Å². The maximum atomic E-state index is 5.38. The van der Waals surface area contributed by atoms with Crippen molar-refractivity contribution < 1.29 is 0 Å². The Bertz CT molecular complexity index is 59.8. The highest BCUT2D eigenvalue weighted by Crippen LogP contribution is 2.04. The van der Waals surface area contributed by atoms with Gasteiger partial charge in [-0.15, -0.1) is 28.7 Å². The summed E-state index contributed by atoms with van der Waals surface area (Å²) in [5.74, 6) is 0. The van der Waals surface area contributed by atoms with Gasteiger partial charge in [-0.3, -0.25) is 0 Å². The van der Waals surface area contributed by atoms with Crippen LogP contribution in [-0.2, 0) is 0 Å². The van der Waals surface area contributed by atoms with E-state index in [1.54, 1.807) is 0 Å². The fourth-order valence-corrected chi connectivity index (χ4v) is 0. The minimum atomic E-state index is -1.20. The van der Waals surface area contributed by atoms with Gasteiger partial charge < -0.3 is 0 Å². The highest BCUT2D eigenvalue weighted by Gasteiger charge is 2.00. The fourth-order valence-electron chi connectivity index (χ4n) is 0. The Labute approximate surface area is 48.8 Å². The summed E-state index contributed by atoms with van der Waals surface area (Å²) in [6, 6.07) is 0. The molecule has 0 aromatic heterocycles. The molecular weight excluding hydrogens is 135 g/mol. The van der Waals surface area contributed by atoms with Crippen LogP contribution in [0.5, 0.6) is 0 Å². The SMILES string of the molecule is C=C(C)[Si](Cl)Cl. The van der Waals surface area contributed by atoms with Crippen LogP contribution in [0.4, 0.5) is 0 Å². The van der Waals surface area contributed by atoms with Crippen molar-refractivity contribution in [1.82, 2.24) is 0 Å². The molecule has 0 aliphatic rings. The third kappa shape index (κ3) is 2.76. The van der Waals surface area contributed by atoms with Crippen LogP contribution in [0.25, 0.3) is 0 Å². The van der Waals surface area contributed by atoms with Gasteiger partial charge in [0.05, 0.1) is 0 Å². The maximum absolute atomic E-state index is 5.38. The van der Waals surface area contributed by atoms with Gasteiger partial charge in [-0.25, -0.2) is 0 Å². The summed E-state index contributed by atoms with van der Waals surface area (Å²) in [5, 5.41) is 0.892. The van der Waals surface area contributed by atoms with Crippen LogP contribution >= 0.6 is 22.2 Å². The van der Waals surface area contributed by atoms with Crippen LogP contribution in [0.15, 0.2) is 11.8 Å². The van der Waals surface area contributed by atoms with E-state index in [0.717, 1.165) is 5.20 Å². The minimum absolute atomic E-state index is 0.892. The van der Waals surface area contributed by atoms with E-state index < -0.39 is 7.42 Å². The van der Waals surface area contributed by atoms with Gasteiger partial charge in [-0.05, 0) is 6.92 Å². The standard InChI is InChI=1S/C3H5Cl2Si/c1-3(2)6(4)5/h1H2,2H3. The molecule has 0 spiro atoms. The molecule has 0 amide bonds. The van der Waals surface area contributed by atoms with Crippen LogP contribution in [0.1, 0.15) is 6.92 Å². The number of hydrogen-bond donors (Lipinski definition) is 0. The molecular formula is C3H5Cl2Si. The Hall–Kier alpha value is 0.537. The first-order valence-electron chi connectivity index (χ1n) is 1.48.